The van der Waals surface area contributed by atoms with Crippen molar-refractivity contribution < 1.29 is 19.7 Å². The lowest BCUT2D eigenvalue weighted by Crippen LogP contribution is -2.07. The van der Waals surface area contributed by atoms with Crippen molar-refractivity contribution in [3.63, 3.8) is 0 Å². The highest BCUT2D eigenvalue weighted by atomic mass is 16.5. The molecule has 4 heteroatoms. The Morgan fingerprint density at radius 2 is 2.20 bits per heavy atom. The van der Waals surface area contributed by atoms with Crippen LogP contribution < -0.4 is 4.74 Å². The Morgan fingerprint density at radius 3 is 2.67 bits per heavy atom. The Morgan fingerprint density at radius 1 is 1.53 bits per heavy atom. The predicted octanol–water partition coefficient (Wildman–Crippen LogP) is 1.32. The van der Waals surface area contributed by atoms with Gasteiger partial charge < -0.3 is 14.9 Å². The van der Waals surface area contributed by atoms with Crippen LogP contribution in [0.5, 0.6) is 5.75 Å². The summed E-state index contributed by atoms with van der Waals surface area (Å²) in [5.41, 5.74) is 0.985. The molecule has 0 saturated carbocycles. The van der Waals surface area contributed by atoms with Crippen LogP contribution in [0.1, 0.15) is 22.8 Å². The zero-order valence-electron chi connectivity index (χ0n) is 8.73. The molecule has 0 aliphatic heterocycles. The summed E-state index contributed by atoms with van der Waals surface area (Å²) in [5.74, 6) is -0.493. The molecule has 0 aliphatic rings. The number of carboxylic acid groups (broad SMARTS) is 1. The first-order chi connectivity index (χ1) is 7.04. The van der Waals surface area contributed by atoms with Crippen molar-refractivity contribution >= 4 is 5.97 Å². The van der Waals surface area contributed by atoms with E-state index in [0.717, 1.165) is 5.56 Å². The number of aromatic carboxylic acids is 1. The van der Waals surface area contributed by atoms with Crippen molar-refractivity contribution in [3.05, 3.63) is 29.3 Å². The highest BCUT2D eigenvalue weighted by molar-refractivity contribution is 5.88. The van der Waals surface area contributed by atoms with E-state index in [4.69, 9.17) is 9.84 Å². The summed E-state index contributed by atoms with van der Waals surface area (Å²) in [7, 11) is 1.48. The van der Waals surface area contributed by atoms with Gasteiger partial charge >= 0.3 is 5.97 Å². The Kier molecular flexibility index (Phi) is 3.68. The van der Waals surface area contributed by atoms with Crippen LogP contribution in [0.2, 0.25) is 0 Å². The van der Waals surface area contributed by atoms with E-state index in [0.29, 0.717) is 12.2 Å². The van der Waals surface area contributed by atoms with Gasteiger partial charge in [-0.25, -0.2) is 4.79 Å². The Bertz CT molecular complexity index is 358. The van der Waals surface area contributed by atoms with Crippen molar-refractivity contribution in [2.75, 3.05) is 7.11 Å². The molecule has 0 aliphatic carbocycles. The van der Waals surface area contributed by atoms with Crippen LogP contribution in [-0.2, 0) is 6.42 Å². The molecule has 1 rings (SSSR count). The van der Waals surface area contributed by atoms with Crippen molar-refractivity contribution in [1.82, 2.24) is 0 Å². The summed E-state index contributed by atoms with van der Waals surface area (Å²) in [6.07, 6.45) is -0.0298. The fourth-order valence-corrected chi connectivity index (χ4v) is 1.36. The van der Waals surface area contributed by atoms with E-state index in [1.165, 1.54) is 19.2 Å². The summed E-state index contributed by atoms with van der Waals surface area (Å²) in [4.78, 5) is 10.7. The number of methoxy groups -OCH3 is 1. The second-order valence-corrected chi connectivity index (χ2v) is 3.38. The Balaban J connectivity index is 3.03. The van der Waals surface area contributed by atoms with Crippen LogP contribution in [0.3, 0.4) is 0 Å². The van der Waals surface area contributed by atoms with Gasteiger partial charge in [0.1, 0.15) is 5.75 Å². The van der Waals surface area contributed by atoms with E-state index < -0.39 is 12.1 Å². The lowest BCUT2D eigenvalue weighted by Gasteiger charge is -2.10. The number of rotatable bonds is 4. The second-order valence-electron chi connectivity index (χ2n) is 3.38. The molecule has 82 valence electrons. The van der Waals surface area contributed by atoms with Crippen molar-refractivity contribution in [3.8, 4) is 5.75 Å². The molecule has 4 nitrogen and oxygen atoms in total. The van der Waals surface area contributed by atoms with Gasteiger partial charge in [0.25, 0.3) is 0 Å². The molecule has 0 saturated heterocycles. The molecular formula is C11H14O4. The molecule has 0 spiro atoms. The van der Waals surface area contributed by atoms with Gasteiger partial charge in [-0.3, -0.25) is 0 Å². The first-order valence-electron chi connectivity index (χ1n) is 4.63. The third kappa shape index (κ3) is 2.95. The SMILES string of the molecule is COc1cc(C(=O)O)ccc1CC(C)O. The number of benzene rings is 1. The highest BCUT2D eigenvalue weighted by Gasteiger charge is 2.10. The van der Waals surface area contributed by atoms with E-state index >= 15 is 0 Å². The molecular weight excluding hydrogens is 196 g/mol. The molecule has 1 aromatic carbocycles. The fourth-order valence-electron chi connectivity index (χ4n) is 1.36. The zero-order valence-corrected chi connectivity index (χ0v) is 8.73. The van der Waals surface area contributed by atoms with Gasteiger partial charge in [-0.2, -0.15) is 0 Å². The van der Waals surface area contributed by atoms with Crippen LogP contribution in [-0.4, -0.2) is 29.4 Å². The zero-order chi connectivity index (χ0) is 11.4. The van der Waals surface area contributed by atoms with Crippen molar-refractivity contribution in [1.29, 1.82) is 0 Å². The fraction of sp³-hybridized carbons (Fsp3) is 0.364. The largest absolute Gasteiger partial charge is 0.496 e. The van der Waals surface area contributed by atoms with Crippen LogP contribution in [0.25, 0.3) is 0 Å². The molecule has 0 aromatic heterocycles. The molecule has 2 N–H and O–H groups in total. The second kappa shape index (κ2) is 4.79. The third-order valence-electron chi connectivity index (χ3n) is 2.05. The number of hydrogen-bond donors (Lipinski definition) is 2. The highest BCUT2D eigenvalue weighted by Crippen LogP contribution is 2.21. The maximum absolute atomic E-state index is 10.7. The Hall–Kier alpha value is -1.55. The molecule has 0 amide bonds. The summed E-state index contributed by atoms with van der Waals surface area (Å²) in [6.45, 7) is 1.67. The maximum Gasteiger partial charge on any atom is 0.335 e. The summed E-state index contributed by atoms with van der Waals surface area (Å²) < 4.78 is 5.06. The molecule has 0 bridgehead atoms. The molecule has 0 heterocycles. The van der Waals surface area contributed by atoms with Gasteiger partial charge in [0.15, 0.2) is 0 Å². The number of carbonyl (C=O) groups is 1. The standard InChI is InChI=1S/C11H14O4/c1-7(12)5-8-3-4-9(11(13)14)6-10(8)15-2/h3-4,6-7,12H,5H2,1-2H3,(H,13,14). The summed E-state index contributed by atoms with van der Waals surface area (Å²) >= 11 is 0. The molecule has 1 unspecified atom stereocenters. The maximum atomic E-state index is 10.7. The lowest BCUT2D eigenvalue weighted by molar-refractivity contribution is 0.0696. The van der Waals surface area contributed by atoms with E-state index in [2.05, 4.69) is 0 Å². The predicted molar refractivity (Wildman–Crippen MR) is 55.3 cm³/mol. The smallest absolute Gasteiger partial charge is 0.335 e. The van der Waals surface area contributed by atoms with Gasteiger partial charge in [-0.05, 0) is 24.6 Å². The topological polar surface area (TPSA) is 66.8 Å². The van der Waals surface area contributed by atoms with Gasteiger partial charge in [0.05, 0.1) is 18.8 Å². The van der Waals surface area contributed by atoms with Crippen LogP contribution in [0.4, 0.5) is 0 Å². The first-order valence-corrected chi connectivity index (χ1v) is 4.63. The average molecular weight is 210 g/mol. The van der Waals surface area contributed by atoms with E-state index in [1.807, 2.05) is 0 Å². The number of aliphatic hydroxyl groups excluding tert-OH is 1. The van der Waals surface area contributed by atoms with E-state index in [9.17, 15) is 9.90 Å². The van der Waals surface area contributed by atoms with Crippen molar-refractivity contribution in [2.24, 2.45) is 0 Å². The van der Waals surface area contributed by atoms with E-state index in [-0.39, 0.29) is 5.56 Å². The molecule has 15 heavy (non-hydrogen) atoms. The van der Waals surface area contributed by atoms with Gasteiger partial charge in [0.2, 0.25) is 0 Å². The van der Waals surface area contributed by atoms with Crippen LogP contribution in [0, 0.1) is 0 Å². The van der Waals surface area contributed by atoms with Crippen LogP contribution in [0.15, 0.2) is 18.2 Å². The number of aliphatic hydroxyl groups is 1. The van der Waals surface area contributed by atoms with Crippen molar-refractivity contribution in [2.45, 2.75) is 19.4 Å². The first kappa shape index (κ1) is 11.5. The van der Waals surface area contributed by atoms with Gasteiger partial charge in [-0.1, -0.05) is 6.07 Å². The normalized spacial score (nSPS) is 12.2. The molecule has 0 radical (unpaired) electrons. The van der Waals surface area contributed by atoms with Gasteiger partial charge in [0, 0.05) is 6.42 Å². The number of ether oxygens (including phenoxy) is 1. The molecule has 1 aromatic rings. The monoisotopic (exact) mass is 210 g/mol. The molecule has 1 atom stereocenters. The van der Waals surface area contributed by atoms with Crippen LogP contribution >= 0.6 is 0 Å². The van der Waals surface area contributed by atoms with E-state index in [1.54, 1.807) is 13.0 Å². The Labute approximate surface area is 88.1 Å². The number of hydrogen-bond acceptors (Lipinski definition) is 3. The van der Waals surface area contributed by atoms with Gasteiger partial charge in [-0.15, -0.1) is 0 Å². The summed E-state index contributed by atoms with van der Waals surface area (Å²) in [6, 6.07) is 4.62. The summed E-state index contributed by atoms with van der Waals surface area (Å²) in [5, 5.41) is 18.0. The lowest BCUT2D eigenvalue weighted by atomic mass is 10.1. The average Bonchev–Trinajstić information content (AvgIpc) is 2.17. The minimum Gasteiger partial charge on any atom is -0.496 e. The molecule has 0 fully saturated rings. The minimum atomic E-state index is -0.989. The quantitative estimate of drug-likeness (QED) is 0.786. The third-order valence-corrected chi connectivity index (χ3v) is 2.05. The minimum absolute atomic E-state index is 0.182. The number of carboxylic acids is 1.